The number of nitrogens with zero attached hydrogens (tertiary/aromatic N) is 4. The fourth-order valence-electron chi connectivity index (χ4n) is 4.00. The molecule has 0 aliphatic heterocycles. The lowest BCUT2D eigenvalue weighted by Crippen LogP contribution is -2.25. The topological polar surface area (TPSA) is 129 Å². The molecule has 0 saturated carbocycles. The molecule has 1 atom stereocenters. The number of imidazole rings is 1. The number of halogens is 1. The van der Waals surface area contributed by atoms with E-state index in [1.165, 1.54) is 7.11 Å². The van der Waals surface area contributed by atoms with E-state index in [1.54, 1.807) is 53.2 Å². The summed E-state index contributed by atoms with van der Waals surface area (Å²) in [6, 6.07) is 12.4. The smallest absolute Gasteiger partial charge is 0.316 e. The molecule has 0 saturated heterocycles. The summed E-state index contributed by atoms with van der Waals surface area (Å²) in [5.74, 6) is 0.648. The zero-order valence-corrected chi connectivity index (χ0v) is 21.8. The number of benzene rings is 2. The third-order valence-corrected chi connectivity index (χ3v) is 5.93. The Bertz CT molecular complexity index is 1650. The summed E-state index contributed by atoms with van der Waals surface area (Å²) in [5.41, 5.74) is 9.38. The number of fused-ring (bicyclic) bond motifs is 2. The number of hydrogen-bond acceptors (Lipinski definition) is 8. The van der Waals surface area contributed by atoms with E-state index in [1.807, 2.05) is 26.1 Å². The third kappa shape index (κ3) is 5.31. The van der Waals surface area contributed by atoms with E-state index in [2.05, 4.69) is 25.6 Å². The molecule has 0 aliphatic carbocycles. The van der Waals surface area contributed by atoms with Crippen LogP contribution in [0.5, 0.6) is 17.5 Å². The van der Waals surface area contributed by atoms with Crippen molar-refractivity contribution in [2.45, 2.75) is 19.9 Å². The summed E-state index contributed by atoms with van der Waals surface area (Å²) in [6.07, 6.45) is 5.25. The van der Waals surface area contributed by atoms with Crippen molar-refractivity contribution >= 4 is 45.4 Å². The number of carbonyl (C=O) groups excluding carboxylic acids is 1. The number of aromatic nitrogens is 4. The summed E-state index contributed by atoms with van der Waals surface area (Å²) in [5, 5.41) is 7.46. The minimum atomic E-state index is -0.362. The number of anilines is 2. The van der Waals surface area contributed by atoms with E-state index >= 15 is 0 Å². The highest BCUT2D eigenvalue weighted by Crippen LogP contribution is 2.31. The molecule has 0 fully saturated rings. The first-order chi connectivity index (χ1) is 18.3. The Morgan fingerprint density at radius 2 is 2.03 bits per heavy atom. The molecule has 0 spiro atoms. The zero-order chi connectivity index (χ0) is 26.8. The number of carbonyl (C=O) groups is 1. The quantitative estimate of drug-likeness (QED) is 0.254. The van der Waals surface area contributed by atoms with E-state index in [0.717, 1.165) is 11.4 Å². The first kappa shape index (κ1) is 25.2. The Hall–Kier alpha value is -4.41. The molecule has 5 rings (SSSR count). The minimum absolute atomic E-state index is 0.0581. The Morgan fingerprint density at radius 3 is 2.79 bits per heavy atom. The maximum Gasteiger partial charge on any atom is 0.316 e. The number of nitrogens with one attached hydrogen (secondary N) is 2. The van der Waals surface area contributed by atoms with Crippen LogP contribution in [0.4, 0.5) is 11.4 Å². The second-order valence-electron chi connectivity index (χ2n) is 8.86. The SMILES string of the molecule is COc1ncc2c(NC[C@@H](C)N)ccc(C(=O)Nc3cc(Oc4cccc(Cl)c4)c4nc(C)cn4c3)c2n1. The van der Waals surface area contributed by atoms with Crippen LogP contribution in [0.25, 0.3) is 16.6 Å². The molecule has 2 aromatic carbocycles. The highest BCUT2D eigenvalue weighted by Gasteiger charge is 2.18. The maximum atomic E-state index is 13.5. The van der Waals surface area contributed by atoms with Gasteiger partial charge in [-0.2, -0.15) is 4.98 Å². The predicted molar refractivity (Wildman–Crippen MR) is 148 cm³/mol. The fourth-order valence-corrected chi connectivity index (χ4v) is 4.18. The maximum absolute atomic E-state index is 13.5. The number of rotatable bonds is 8. The molecule has 5 aromatic rings. The fraction of sp³-hybridized carbons (Fsp3) is 0.185. The first-order valence-electron chi connectivity index (χ1n) is 11.9. The molecule has 0 aliphatic rings. The van der Waals surface area contributed by atoms with Gasteiger partial charge in [0.25, 0.3) is 5.91 Å². The van der Waals surface area contributed by atoms with Crippen molar-refractivity contribution in [2.24, 2.45) is 5.73 Å². The lowest BCUT2D eigenvalue weighted by atomic mass is 10.1. The number of amides is 1. The number of methoxy groups -OCH3 is 1. The van der Waals surface area contributed by atoms with E-state index in [4.69, 9.17) is 26.8 Å². The van der Waals surface area contributed by atoms with Gasteiger partial charge in [-0.15, -0.1) is 0 Å². The molecule has 3 heterocycles. The molecule has 10 nitrogen and oxygen atoms in total. The van der Waals surface area contributed by atoms with Crippen molar-refractivity contribution in [1.29, 1.82) is 0 Å². The number of pyridine rings is 1. The van der Waals surface area contributed by atoms with Crippen LogP contribution in [-0.4, -0.2) is 45.0 Å². The summed E-state index contributed by atoms with van der Waals surface area (Å²) in [7, 11) is 1.48. The van der Waals surface area contributed by atoms with Crippen molar-refractivity contribution in [3.8, 4) is 17.5 Å². The van der Waals surface area contributed by atoms with Gasteiger partial charge in [0.05, 0.1) is 29.6 Å². The second kappa shape index (κ2) is 10.5. The molecule has 194 valence electrons. The largest absolute Gasteiger partial charge is 0.467 e. The normalized spacial score (nSPS) is 11.9. The summed E-state index contributed by atoms with van der Waals surface area (Å²) >= 11 is 6.13. The first-order valence-corrected chi connectivity index (χ1v) is 12.3. The third-order valence-electron chi connectivity index (χ3n) is 5.69. The molecule has 4 N–H and O–H groups in total. The molecular weight excluding hydrogens is 506 g/mol. The van der Waals surface area contributed by atoms with Crippen LogP contribution in [0.2, 0.25) is 5.02 Å². The van der Waals surface area contributed by atoms with Gasteiger partial charge in [-0.3, -0.25) is 4.79 Å². The van der Waals surface area contributed by atoms with Gasteiger partial charge in [0.15, 0.2) is 11.4 Å². The van der Waals surface area contributed by atoms with Crippen molar-refractivity contribution < 1.29 is 14.3 Å². The predicted octanol–water partition coefficient (Wildman–Crippen LogP) is 5.05. The second-order valence-corrected chi connectivity index (χ2v) is 9.29. The average Bonchev–Trinajstić information content (AvgIpc) is 3.27. The van der Waals surface area contributed by atoms with Gasteiger partial charge in [-0.25, -0.2) is 9.97 Å². The Kier molecular flexibility index (Phi) is 6.99. The molecular formula is C27H26ClN7O3. The Balaban J connectivity index is 1.52. The van der Waals surface area contributed by atoms with Gasteiger partial charge < -0.3 is 30.2 Å². The van der Waals surface area contributed by atoms with Crippen LogP contribution in [0.3, 0.4) is 0 Å². The number of nitrogens with two attached hydrogens (primary N) is 1. The van der Waals surface area contributed by atoms with Crippen LogP contribution in [0.1, 0.15) is 23.0 Å². The number of ether oxygens (including phenoxy) is 2. The molecule has 38 heavy (non-hydrogen) atoms. The van der Waals surface area contributed by atoms with Crippen LogP contribution in [0, 0.1) is 6.92 Å². The van der Waals surface area contributed by atoms with Crippen LogP contribution < -0.4 is 25.8 Å². The van der Waals surface area contributed by atoms with E-state index in [-0.39, 0.29) is 18.0 Å². The van der Waals surface area contributed by atoms with Crippen molar-refractivity contribution in [3.63, 3.8) is 0 Å². The summed E-state index contributed by atoms with van der Waals surface area (Å²) < 4.78 is 13.1. The molecule has 0 radical (unpaired) electrons. The van der Waals surface area contributed by atoms with E-state index in [0.29, 0.717) is 50.9 Å². The number of aryl methyl sites for hydroxylation is 1. The average molecular weight is 532 g/mol. The van der Waals surface area contributed by atoms with Crippen molar-refractivity contribution in [1.82, 2.24) is 19.4 Å². The van der Waals surface area contributed by atoms with Gasteiger partial charge in [0, 0.05) is 53.3 Å². The highest BCUT2D eigenvalue weighted by atomic mass is 35.5. The van der Waals surface area contributed by atoms with Crippen LogP contribution in [-0.2, 0) is 0 Å². The van der Waals surface area contributed by atoms with Gasteiger partial charge in [-0.05, 0) is 44.2 Å². The van der Waals surface area contributed by atoms with Gasteiger partial charge in [0.2, 0.25) is 0 Å². The molecule has 11 heteroatoms. The van der Waals surface area contributed by atoms with Gasteiger partial charge in [-0.1, -0.05) is 17.7 Å². The lowest BCUT2D eigenvalue weighted by Gasteiger charge is -2.15. The van der Waals surface area contributed by atoms with Crippen molar-refractivity contribution in [3.05, 3.63) is 77.3 Å². The van der Waals surface area contributed by atoms with Crippen molar-refractivity contribution in [2.75, 3.05) is 24.3 Å². The zero-order valence-electron chi connectivity index (χ0n) is 21.0. The summed E-state index contributed by atoms with van der Waals surface area (Å²) in [6.45, 7) is 4.33. The van der Waals surface area contributed by atoms with E-state index in [9.17, 15) is 4.79 Å². The summed E-state index contributed by atoms with van der Waals surface area (Å²) in [4.78, 5) is 26.8. The standard InChI is InChI=1S/C27H26ClN7O3/c1-15(29)11-30-22-8-7-20(24-21(22)12-31-27(34-24)37-3)26(36)33-18-10-23(25-32-16(2)13-35(25)14-18)38-19-6-4-5-17(28)9-19/h4-10,12-15,30H,11,29H2,1-3H3,(H,33,36)/t15-/m1/s1. The molecule has 3 aromatic heterocycles. The van der Waals surface area contributed by atoms with Crippen LogP contribution in [0.15, 0.2) is 61.1 Å². The Morgan fingerprint density at radius 1 is 1.18 bits per heavy atom. The van der Waals surface area contributed by atoms with Crippen LogP contribution >= 0.6 is 11.6 Å². The van der Waals surface area contributed by atoms with E-state index < -0.39 is 0 Å². The number of hydrogen-bond donors (Lipinski definition) is 3. The van der Waals surface area contributed by atoms with Gasteiger partial charge in [0.1, 0.15) is 5.75 Å². The van der Waals surface area contributed by atoms with Gasteiger partial charge >= 0.3 is 6.01 Å². The Labute approximate surface area is 223 Å². The highest BCUT2D eigenvalue weighted by molar-refractivity contribution is 6.30. The molecule has 1 amide bonds. The lowest BCUT2D eigenvalue weighted by molar-refractivity contribution is 0.102. The molecule has 0 bridgehead atoms. The monoisotopic (exact) mass is 531 g/mol. The molecule has 0 unspecified atom stereocenters. The minimum Gasteiger partial charge on any atom is -0.467 e.